The number of halogens is 1. The Bertz CT molecular complexity index is 774. The highest BCUT2D eigenvalue weighted by Crippen LogP contribution is 2.43. The van der Waals surface area contributed by atoms with E-state index in [1.54, 1.807) is 0 Å². The molecule has 0 amide bonds. The van der Waals surface area contributed by atoms with Crippen LogP contribution in [0.4, 0.5) is 0 Å². The number of aromatic nitrogens is 1. The molecule has 25 heavy (non-hydrogen) atoms. The smallest absolute Gasteiger partial charge is 0.0847 e. The quantitative estimate of drug-likeness (QED) is 0.881. The van der Waals surface area contributed by atoms with Crippen LogP contribution in [-0.4, -0.2) is 48.4 Å². The number of nitrogens with one attached hydrogen (secondary N) is 1. The summed E-state index contributed by atoms with van der Waals surface area (Å²) in [5.41, 5.74) is 3.74. The van der Waals surface area contributed by atoms with Gasteiger partial charge in [0.2, 0.25) is 0 Å². The van der Waals surface area contributed by atoms with E-state index in [4.69, 9.17) is 21.1 Å². The van der Waals surface area contributed by atoms with Gasteiger partial charge in [-0.3, -0.25) is 4.90 Å². The van der Waals surface area contributed by atoms with Gasteiger partial charge in [-0.1, -0.05) is 11.6 Å². The third-order valence-corrected chi connectivity index (χ3v) is 6.71. The number of ether oxygens (including phenoxy) is 2. The molecule has 4 nitrogen and oxygen atoms in total. The van der Waals surface area contributed by atoms with Crippen LogP contribution in [0.3, 0.4) is 0 Å². The third kappa shape index (κ3) is 2.89. The Kier molecular flexibility index (Phi) is 4.57. The molecule has 0 bridgehead atoms. The van der Waals surface area contributed by atoms with Crippen LogP contribution in [0.5, 0.6) is 0 Å². The van der Waals surface area contributed by atoms with Gasteiger partial charge in [0.1, 0.15) is 0 Å². The normalized spacial score (nSPS) is 30.1. The van der Waals surface area contributed by atoms with Gasteiger partial charge in [0.05, 0.1) is 11.7 Å². The maximum absolute atomic E-state index is 6.18. The molecule has 1 aromatic carbocycles. The van der Waals surface area contributed by atoms with Crippen LogP contribution in [0.15, 0.2) is 18.2 Å². The lowest BCUT2D eigenvalue weighted by atomic mass is 9.79. The molecule has 4 rings (SSSR count). The van der Waals surface area contributed by atoms with Crippen molar-refractivity contribution in [1.82, 2.24) is 9.88 Å². The average Bonchev–Trinajstić information content (AvgIpc) is 3.14. The minimum absolute atomic E-state index is 0.00173. The van der Waals surface area contributed by atoms with Crippen LogP contribution < -0.4 is 0 Å². The summed E-state index contributed by atoms with van der Waals surface area (Å²) in [6.45, 7) is 4.18. The van der Waals surface area contributed by atoms with E-state index in [0.717, 1.165) is 49.3 Å². The topological polar surface area (TPSA) is 37.5 Å². The molecule has 1 aliphatic carbocycles. The van der Waals surface area contributed by atoms with E-state index in [1.807, 2.05) is 20.3 Å². The fraction of sp³-hybridized carbons (Fsp3) is 0.600. The number of methoxy groups -OCH3 is 2. The summed E-state index contributed by atoms with van der Waals surface area (Å²) < 4.78 is 11.7. The molecule has 1 aromatic heterocycles. The molecule has 2 aliphatic rings. The molecule has 1 saturated carbocycles. The molecule has 0 unspecified atom stereocenters. The van der Waals surface area contributed by atoms with Crippen LogP contribution in [0.25, 0.3) is 10.9 Å². The van der Waals surface area contributed by atoms with Crippen LogP contribution >= 0.6 is 11.6 Å². The van der Waals surface area contributed by atoms with E-state index in [1.165, 1.54) is 16.6 Å². The van der Waals surface area contributed by atoms with E-state index < -0.39 is 0 Å². The minimum Gasteiger partial charge on any atom is -0.381 e. The van der Waals surface area contributed by atoms with Gasteiger partial charge in [0, 0.05) is 55.0 Å². The minimum atomic E-state index is -0.00173. The lowest BCUT2D eigenvalue weighted by molar-refractivity contribution is -0.0948. The van der Waals surface area contributed by atoms with Crippen molar-refractivity contribution in [2.75, 3.05) is 20.8 Å². The third-order valence-electron chi connectivity index (χ3n) is 6.47. The number of nitrogens with zero attached hydrogens (tertiary/aromatic N) is 1. The van der Waals surface area contributed by atoms with Crippen molar-refractivity contribution in [1.29, 1.82) is 0 Å². The molecule has 1 N–H and O–H groups in total. The zero-order chi connectivity index (χ0) is 17.6. The van der Waals surface area contributed by atoms with Gasteiger partial charge < -0.3 is 14.5 Å². The monoisotopic (exact) mass is 362 g/mol. The number of H-pyrrole nitrogens is 1. The molecular formula is C20H27ClN2O2. The highest BCUT2D eigenvalue weighted by atomic mass is 35.5. The van der Waals surface area contributed by atoms with Gasteiger partial charge in [-0.2, -0.15) is 0 Å². The number of hydrogen-bond donors (Lipinski definition) is 1. The molecule has 2 fully saturated rings. The number of benzene rings is 1. The molecule has 1 aliphatic heterocycles. The lowest BCUT2D eigenvalue weighted by Crippen LogP contribution is -2.51. The summed E-state index contributed by atoms with van der Waals surface area (Å²) in [4.78, 5) is 6.17. The van der Waals surface area contributed by atoms with Gasteiger partial charge >= 0.3 is 0 Å². The van der Waals surface area contributed by atoms with Crippen LogP contribution in [0.1, 0.15) is 36.9 Å². The molecule has 3 atom stereocenters. The van der Waals surface area contributed by atoms with Crippen molar-refractivity contribution >= 4 is 22.5 Å². The molecule has 5 heteroatoms. The van der Waals surface area contributed by atoms with Gasteiger partial charge in [-0.05, 0) is 56.4 Å². The summed E-state index contributed by atoms with van der Waals surface area (Å²) >= 11 is 6.18. The van der Waals surface area contributed by atoms with Crippen molar-refractivity contribution in [3.8, 4) is 0 Å². The molecule has 2 aromatic rings. The van der Waals surface area contributed by atoms with E-state index in [-0.39, 0.29) is 5.60 Å². The van der Waals surface area contributed by atoms with E-state index >= 15 is 0 Å². The Morgan fingerprint density at radius 3 is 2.92 bits per heavy atom. The number of rotatable bonds is 4. The van der Waals surface area contributed by atoms with Crippen molar-refractivity contribution in [2.45, 2.75) is 56.9 Å². The number of fused-ring (bicyclic) bond motifs is 2. The highest BCUT2D eigenvalue weighted by Gasteiger charge is 2.51. The maximum Gasteiger partial charge on any atom is 0.0847 e. The van der Waals surface area contributed by atoms with Gasteiger partial charge in [-0.25, -0.2) is 0 Å². The van der Waals surface area contributed by atoms with Crippen molar-refractivity contribution in [2.24, 2.45) is 0 Å². The molecule has 1 saturated heterocycles. The summed E-state index contributed by atoms with van der Waals surface area (Å²) in [5.74, 6) is 0. The first kappa shape index (κ1) is 17.3. The van der Waals surface area contributed by atoms with Crippen LogP contribution in [0, 0.1) is 6.92 Å². The Labute approximate surface area is 154 Å². The number of aromatic amines is 1. The SMILES string of the molecule is CO[C@@H]1CC[C@@]2(OC)CCN(Cc3[nH]c4ccc(Cl)cc4c3C)[C@H]2C1. The fourth-order valence-corrected chi connectivity index (χ4v) is 5.05. The zero-order valence-electron chi connectivity index (χ0n) is 15.3. The average molecular weight is 363 g/mol. The van der Waals surface area contributed by atoms with Gasteiger partial charge in [-0.15, -0.1) is 0 Å². The number of likely N-dealkylation sites (tertiary alicyclic amines) is 1. The summed E-state index contributed by atoms with van der Waals surface area (Å²) in [6.07, 6.45) is 4.69. The maximum atomic E-state index is 6.18. The molecule has 2 heterocycles. The molecule has 0 radical (unpaired) electrons. The zero-order valence-corrected chi connectivity index (χ0v) is 16.0. The van der Waals surface area contributed by atoms with Crippen molar-refractivity contribution < 1.29 is 9.47 Å². The first-order valence-electron chi connectivity index (χ1n) is 9.15. The van der Waals surface area contributed by atoms with Crippen molar-refractivity contribution in [3.05, 3.63) is 34.5 Å². The standard InChI is InChI=1S/C20H27ClN2O2/c1-13-16-10-14(21)4-5-17(16)22-18(13)12-23-9-8-20(25-3)7-6-15(24-2)11-19(20)23/h4-5,10,15,19,22H,6-9,11-12H2,1-3H3/t15-,19+,20-/m1/s1. The molecule has 136 valence electrons. The molecular weight excluding hydrogens is 336 g/mol. The van der Waals surface area contributed by atoms with Crippen LogP contribution in [0.2, 0.25) is 5.02 Å². The van der Waals surface area contributed by atoms with E-state index in [2.05, 4.69) is 28.9 Å². The van der Waals surface area contributed by atoms with E-state index in [9.17, 15) is 0 Å². The Balaban J connectivity index is 1.61. The number of hydrogen-bond acceptors (Lipinski definition) is 3. The van der Waals surface area contributed by atoms with Crippen molar-refractivity contribution in [3.63, 3.8) is 0 Å². The second-order valence-corrected chi connectivity index (χ2v) is 7.99. The Morgan fingerprint density at radius 2 is 2.16 bits per heavy atom. The first-order valence-corrected chi connectivity index (χ1v) is 9.53. The van der Waals surface area contributed by atoms with Crippen LogP contribution in [-0.2, 0) is 16.0 Å². The highest BCUT2D eigenvalue weighted by molar-refractivity contribution is 6.31. The molecule has 0 spiro atoms. The van der Waals surface area contributed by atoms with Gasteiger partial charge in [0.25, 0.3) is 0 Å². The van der Waals surface area contributed by atoms with E-state index in [0.29, 0.717) is 12.1 Å². The largest absolute Gasteiger partial charge is 0.381 e. The second-order valence-electron chi connectivity index (χ2n) is 7.56. The van der Waals surface area contributed by atoms with Gasteiger partial charge in [0.15, 0.2) is 0 Å². The number of aryl methyl sites for hydroxylation is 1. The lowest BCUT2D eigenvalue weighted by Gasteiger charge is -2.43. The second kappa shape index (κ2) is 6.58. The fourth-order valence-electron chi connectivity index (χ4n) is 4.87. The Hall–Kier alpha value is -1.07. The Morgan fingerprint density at radius 1 is 1.32 bits per heavy atom. The predicted molar refractivity (Wildman–Crippen MR) is 101 cm³/mol. The summed E-state index contributed by atoms with van der Waals surface area (Å²) in [5, 5.41) is 2.01. The predicted octanol–water partition coefficient (Wildman–Crippen LogP) is 4.29. The first-order chi connectivity index (χ1) is 12.1. The summed E-state index contributed by atoms with van der Waals surface area (Å²) in [6, 6.07) is 6.49. The summed E-state index contributed by atoms with van der Waals surface area (Å²) in [7, 11) is 3.70.